The van der Waals surface area contributed by atoms with Gasteiger partial charge in [-0.1, -0.05) is 0 Å². The highest BCUT2D eigenvalue weighted by Gasteiger charge is 2.15. The molecule has 0 aliphatic carbocycles. The van der Waals surface area contributed by atoms with E-state index in [0.717, 1.165) is 22.8 Å². The first-order valence-corrected chi connectivity index (χ1v) is 5.63. The lowest BCUT2D eigenvalue weighted by atomic mass is 10.3. The van der Waals surface area contributed by atoms with Crippen molar-refractivity contribution in [3.63, 3.8) is 0 Å². The topological polar surface area (TPSA) is 42.2 Å². The Labute approximate surface area is 109 Å². The van der Waals surface area contributed by atoms with Gasteiger partial charge in [-0.25, -0.2) is 13.6 Å². The van der Waals surface area contributed by atoms with E-state index in [-0.39, 0.29) is 11.4 Å². The number of hydrogen-bond acceptors (Lipinski definition) is 1. The van der Waals surface area contributed by atoms with Crippen LogP contribution < -0.4 is 0 Å². The number of aromatic nitrogens is 1. The van der Waals surface area contributed by atoms with E-state index in [1.54, 1.807) is 0 Å². The molecule has 1 aromatic heterocycles. The van der Waals surface area contributed by atoms with Crippen LogP contribution in [0.25, 0.3) is 5.69 Å². The molecule has 0 aliphatic rings. The molecule has 0 fully saturated rings. The van der Waals surface area contributed by atoms with Crippen molar-refractivity contribution in [1.82, 2.24) is 4.57 Å². The van der Waals surface area contributed by atoms with Gasteiger partial charge in [0.2, 0.25) is 0 Å². The first-order chi connectivity index (χ1) is 7.99. The summed E-state index contributed by atoms with van der Waals surface area (Å²) in [6.07, 6.45) is 1.43. The van der Waals surface area contributed by atoms with E-state index in [2.05, 4.69) is 0 Å². The van der Waals surface area contributed by atoms with Crippen LogP contribution >= 0.6 is 22.6 Å². The Balaban J connectivity index is 2.67. The number of nitrogens with zero attached hydrogens (tertiary/aromatic N) is 1. The standard InChI is InChI=1S/C11H6F2INO2/c12-6-1-2-8(13)9(3-6)15-5-7(14)4-10(15)11(16)17/h1-5H,(H,16,17). The second-order valence-electron chi connectivity index (χ2n) is 3.31. The Morgan fingerprint density at radius 2 is 2.00 bits per heavy atom. The summed E-state index contributed by atoms with van der Waals surface area (Å²) in [5, 5.41) is 8.96. The number of rotatable bonds is 2. The first-order valence-electron chi connectivity index (χ1n) is 4.55. The molecule has 2 aromatic rings. The Kier molecular flexibility index (Phi) is 3.14. The molecule has 0 atom stereocenters. The van der Waals surface area contributed by atoms with Gasteiger partial charge in [0.15, 0.2) is 0 Å². The maximum Gasteiger partial charge on any atom is 0.352 e. The largest absolute Gasteiger partial charge is 0.477 e. The number of carboxylic acid groups (broad SMARTS) is 1. The van der Waals surface area contributed by atoms with Crippen molar-refractivity contribution in [2.24, 2.45) is 0 Å². The van der Waals surface area contributed by atoms with Gasteiger partial charge in [0, 0.05) is 15.8 Å². The highest BCUT2D eigenvalue weighted by atomic mass is 127. The molecule has 2 rings (SSSR count). The molecule has 0 aliphatic heterocycles. The summed E-state index contributed by atoms with van der Waals surface area (Å²) in [4.78, 5) is 11.0. The number of hydrogen-bond donors (Lipinski definition) is 1. The highest BCUT2D eigenvalue weighted by Crippen LogP contribution is 2.20. The normalized spacial score (nSPS) is 10.5. The minimum atomic E-state index is -1.20. The van der Waals surface area contributed by atoms with Gasteiger partial charge < -0.3 is 9.67 Å². The third kappa shape index (κ3) is 2.31. The number of benzene rings is 1. The van der Waals surface area contributed by atoms with Crippen LogP contribution in [-0.2, 0) is 0 Å². The average Bonchev–Trinajstić information content (AvgIpc) is 2.64. The molecule has 1 N–H and O–H groups in total. The van der Waals surface area contributed by atoms with E-state index in [0.29, 0.717) is 3.57 Å². The quantitative estimate of drug-likeness (QED) is 0.847. The molecular formula is C11H6F2INO2. The SMILES string of the molecule is O=C(O)c1cc(I)cn1-c1cc(F)ccc1F. The maximum atomic E-state index is 13.5. The lowest BCUT2D eigenvalue weighted by Crippen LogP contribution is -2.07. The van der Waals surface area contributed by atoms with Crippen LogP contribution in [-0.4, -0.2) is 15.6 Å². The molecule has 3 nitrogen and oxygen atoms in total. The first kappa shape index (κ1) is 12.0. The summed E-state index contributed by atoms with van der Waals surface area (Å²) in [6.45, 7) is 0. The lowest BCUT2D eigenvalue weighted by Gasteiger charge is -2.07. The van der Waals surface area contributed by atoms with Gasteiger partial charge in [-0.05, 0) is 40.8 Å². The summed E-state index contributed by atoms with van der Waals surface area (Å²) in [7, 11) is 0. The zero-order chi connectivity index (χ0) is 12.6. The molecule has 17 heavy (non-hydrogen) atoms. The predicted molar refractivity (Wildman–Crippen MR) is 65.4 cm³/mol. The summed E-state index contributed by atoms with van der Waals surface area (Å²) < 4.78 is 28.3. The van der Waals surface area contributed by atoms with Gasteiger partial charge in [0.25, 0.3) is 0 Å². The van der Waals surface area contributed by atoms with Gasteiger partial charge in [0.05, 0.1) is 5.69 Å². The maximum absolute atomic E-state index is 13.5. The molecule has 0 radical (unpaired) electrons. The fourth-order valence-electron chi connectivity index (χ4n) is 1.46. The average molecular weight is 349 g/mol. The Morgan fingerprint density at radius 3 is 2.65 bits per heavy atom. The van der Waals surface area contributed by atoms with E-state index < -0.39 is 17.6 Å². The minimum Gasteiger partial charge on any atom is -0.477 e. The molecule has 0 amide bonds. The van der Waals surface area contributed by atoms with E-state index in [4.69, 9.17) is 5.11 Å². The van der Waals surface area contributed by atoms with Gasteiger partial charge in [-0.15, -0.1) is 0 Å². The van der Waals surface area contributed by atoms with Crippen molar-refractivity contribution >= 4 is 28.6 Å². The second kappa shape index (κ2) is 4.44. The van der Waals surface area contributed by atoms with Crippen molar-refractivity contribution < 1.29 is 18.7 Å². The molecule has 88 valence electrons. The Hall–Kier alpha value is -1.44. The second-order valence-corrected chi connectivity index (χ2v) is 4.56. The van der Waals surface area contributed by atoms with Gasteiger partial charge in [-0.2, -0.15) is 0 Å². The number of carbonyl (C=O) groups is 1. The van der Waals surface area contributed by atoms with Crippen molar-refractivity contribution in [1.29, 1.82) is 0 Å². The van der Waals surface area contributed by atoms with Gasteiger partial charge in [-0.3, -0.25) is 0 Å². The molecule has 0 saturated carbocycles. The summed E-state index contributed by atoms with van der Waals surface area (Å²) in [6, 6.07) is 4.28. The van der Waals surface area contributed by atoms with Crippen LogP contribution in [0.2, 0.25) is 0 Å². The van der Waals surface area contributed by atoms with Crippen molar-refractivity contribution in [2.45, 2.75) is 0 Å². The predicted octanol–water partition coefficient (Wildman–Crippen LogP) is 3.06. The third-order valence-electron chi connectivity index (χ3n) is 2.17. The minimum absolute atomic E-state index is 0.112. The van der Waals surface area contributed by atoms with Crippen molar-refractivity contribution in [3.05, 3.63) is 51.4 Å². The van der Waals surface area contributed by atoms with Crippen LogP contribution in [0.4, 0.5) is 8.78 Å². The van der Waals surface area contributed by atoms with Gasteiger partial charge in [0.1, 0.15) is 17.3 Å². The van der Waals surface area contributed by atoms with E-state index >= 15 is 0 Å². The third-order valence-corrected chi connectivity index (χ3v) is 2.76. The lowest BCUT2D eigenvalue weighted by molar-refractivity contribution is 0.0688. The molecular weight excluding hydrogens is 343 g/mol. The molecule has 0 spiro atoms. The molecule has 0 unspecified atom stereocenters. The number of carboxylic acids is 1. The van der Waals surface area contributed by atoms with E-state index in [1.165, 1.54) is 12.3 Å². The fourth-order valence-corrected chi connectivity index (χ4v) is 2.04. The molecule has 0 saturated heterocycles. The summed E-state index contributed by atoms with van der Waals surface area (Å²) in [5.41, 5.74) is -0.232. The van der Waals surface area contributed by atoms with Crippen molar-refractivity contribution in [3.8, 4) is 5.69 Å². The molecule has 0 bridgehead atoms. The van der Waals surface area contributed by atoms with Crippen molar-refractivity contribution in [2.75, 3.05) is 0 Å². The van der Waals surface area contributed by atoms with Crippen LogP contribution in [0.15, 0.2) is 30.5 Å². The Morgan fingerprint density at radius 1 is 1.29 bits per heavy atom. The smallest absolute Gasteiger partial charge is 0.352 e. The monoisotopic (exact) mass is 349 g/mol. The van der Waals surface area contributed by atoms with Gasteiger partial charge >= 0.3 is 5.97 Å². The molecule has 6 heteroatoms. The molecule has 1 heterocycles. The van der Waals surface area contributed by atoms with Crippen LogP contribution in [0.1, 0.15) is 10.5 Å². The zero-order valence-corrected chi connectivity index (χ0v) is 10.5. The fraction of sp³-hybridized carbons (Fsp3) is 0. The van der Waals surface area contributed by atoms with E-state index in [9.17, 15) is 13.6 Å². The summed E-state index contributed by atoms with van der Waals surface area (Å²) >= 11 is 1.91. The molecule has 1 aromatic carbocycles. The Bertz CT molecular complexity index is 595. The van der Waals surface area contributed by atoms with Crippen LogP contribution in [0.5, 0.6) is 0 Å². The van der Waals surface area contributed by atoms with Crippen LogP contribution in [0.3, 0.4) is 0 Å². The summed E-state index contributed by atoms with van der Waals surface area (Å²) in [5.74, 6) is -2.50. The number of aromatic carboxylic acids is 1. The van der Waals surface area contributed by atoms with E-state index in [1.807, 2.05) is 22.6 Å². The van der Waals surface area contributed by atoms with Crippen LogP contribution in [0, 0.1) is 15.2 Å². The number of halogens is 3. The zero-order valence-electron chi connectivity index (χ0n) is 8.32. The highest BCUT2D eigenvalue weighted by molar-refractivity contribution is 14.1.